The van der Waals surface area contributed by atoms with Gasteiger partial charge in [-0.05, 0) is 71.1 Å². The molecule has 0 aromatic rings. The lowest BCUT2D eigenvalue weighted by Gasteiger charge is -2.41. The number of hydrogen-bond acceptors (Lipinski definition) is 6. The second kappa shape index (κ2) is 9.94. The van der Waals surface area contributed by atoms with Crippen LogP contribution in [0.5, 0.6) is 0 Å². The number of aliphatic imine (C=N–C) groups is 2. The third-order valence-corrected chi connectivity index (χ3v) is 6.70. The number of carbonyl (C=O) groups excluding carboxylic acids is 1. The minimum atomic E-state index is -0.498. The van der Waals surface area contributed by atoms with Gasteiger partial charge in [0.05, 0.1) is 11.4 Å². The Balaban J connectivity index is 1.41. The Labute approximate surface area is 197 Å². The van der Waals surface area contributed by atoms with Crippen molar-refractivity contribution in [2.24, 2.45) is 9.98 Å². The molecule has 7 heteroatoms. The molecule has 0 aromatic carbocycles. The summed E-state index contributed by atoms with van der Waals surface area (Å²) in [5, 5.41) is 0. The van der Waals surface area contributed by atoms with Crippen LogP contribution in [0.15, 0.2) is 46.1 Å². The summed E-state index contributed by atoms with van der Waals surface area (Å²) >= 11 is 0. The quantitative estimate of drug-likeness (QED) is 0.531. The molecule has 2 atom stereocenters. The third kappa shape index (κ3) is 4.99. The summed E-state index contributed by atoms with van der Waals surface area (Å²) < 4.78 is 11.3. The maximum absolute atomic E-state index is 13.0. The summed E-state index contributed by atoms with van der Waals surface area (Å²) in [5.74, 6) is 0. The second-order valence-corrected chi connectivity index (χ2v) is 10.1. The smallest absolute Gasteiger partial charge is 0.410 e. The van der Waals surface area contributed by atoms with Gasteiger partial charge in [-0.15, -0.1) is 0 Å². The molecule has 3 aliphatic heterocycles. The topological polar surface area (TPSA) is 66.7 Å². The predicted octanol–water partition coefficient (Wildman–Crippen LogP) is 4.51. The Morgan fingerprint density at radius 1 is 1.27 bits per heavy atom. The molecule has 4 aliphatic rings. The Hall–Kier alpha value is -2.25. The molecule has 1 fully saturated rings. The highest BCUT2D eigenvalue weighted by Gasteiger charge is 2.50. The van der Waals surface area contributed by atoms with Gasteiger partial charge in [0.2, 0.25) is 0 Å². The number of unbranched alkanes of at least 4 members (excludes halogenated alkanes) is 1. The Kier molecular flexibility index (Phi) is 7.19. The molecule has 0 radical (unpaired) electrons. The zero-order valence-corrected chi connectivity index (χ0v) is 20.5. The number of amides is 1. The maximum Gasteiger partial charge on any atom is 0.410 e. The SMILES string of the molecule is CCC1N=C2C=CC=C3N=CC=CC32N1CCCCN(C(=O)OC(C)(C)C)C1CCOCC1. The number of ether oxygens (including phenoxy) is 2. The van der Waals surface area contributed by atoms with Gasteiger partial charge in [0.1, 0.15) is 17.3 Å². The first-order valence-corrected chi connectivity index (χ1v) is 12.4. The van der Waals surface area contributed by atoms with Crippen LogP contribution in [-0.2, 0) is 9.47 Å². The number of rotatable bonds is 7. The fraction of sp³-hybridized carbons (Fsp3) is 0.654. The number of carbonyl (C=O) groups is 1. The second-order valence-electron chi connectivity index (χ2n) is 10.1. The van der Waals surface area contributed by atoms with E-state index >= 15 is 0 Å². The molecule has 0 saturated carbocycles. The number of hydrogen-bond donors (Lipinski definition) is 0. The van der Waals surface area contributed by atoms with Crippen LogP contribution in [0.1, 0.15) is 59.8 Å². The highest BCUT2D eigenvalue weighted by Crippen LogP contribution is 2.41. The lowest BCUT2D eigenvalue weighted by Crippen LogP contribution is -2.54. The largest absolute Gasteiger partial charge is 0.444 e. The van der Waals surface area contributed by atoms with Crippen molar-refractivity contribution in [1.29, 1.82) is 0 Å². The molecule has 1 aliphatic carbocycles. The first-order chi connectivity index (χ1) is 15.8. The highest BCUT2D eigenvalue weighted by atomic mass is 16.6. The Bertz CT molecular complexity index is 876. The van der Waals surface area contributed by atoms with Gasteiger partial charge in [0.15, 0.2) is 0 Å². The molecule has 180 valence electrons. The zero-order valence-electron chi connectivity index (χ0n) is 20.5. The summed E-state index contributed by atoms with van der Waals surface area (Å²) in [5.41, 5.74) is 1.27. The van der Waals surface area contributed by atoms with Crippen LogP contribution < -0.4 is 0 Å². The van der Waals surface area contributed by atoms with Crippen LogP contribution in [0.4, 0.5) is 4.79 Å². The molecule has 2 unspecified atom stereocenters. The van der Waals surface area contributed by atoms with E-state index in [4.69, 9.17) is 14.5 Å². The summed E-state index contributed by atoms with van der Waals surface area (Å²) in [7, 11) is 0. The van der Waals surface area contributed by atoms with Crippen LogP contribution in [0.2, 0.25) is 0 Å². The third-order valence-electron chi connectivity index (χ3n) is 6.70. The normalized spacial score (nSPS) is 27.1. The van der Waals surface area contributed by atoms with E-state index in [0.29, 0.717) is 19.8 Å². The molecule has 4 rings (SSSR count). The molecule has 33 heavy (non-hydrogen) atoms. The van der Waals surface area contributed by atoms with Gasteiger partial charge >= 0.3 is 6.09 Å². The van der Waals surface area contributed by atoms with E-state index in [0.717, 1.165) is 50.1 Å². The first kappa shape index (κ1) is 23.9. The van der Waals surface area contributed by atoms with Crippen molar-refractivity contribution < 1.29 is 14.3 Å². The van der Waals surface area contributed by atoms with Gasteiger partial charge in [0.25, 0.3) is 0 Å². The van der Waals surface area contributed by atoms with Crippen molar-refractivity contribution in [2.75, 3.05) is 26.3 Å². The number of nitrogens with zero attached hydrogens (tertiary/aromatic N) is 4. The van der Waals surface area contributed by atoms with Crippen LogP contribution in [0, 0.1) is 0 Å². The average molecular weight is 455 g/mol. The van der Waals surface area contributed by atoms with Crippen LogP contribution in [0.3, 0.4) is 0 Å². The number of dihydropyridines is 1. The van der Waals surface area contributed by atoms with Crippen LogP contribution in [-0.4, -0.2) is 77.5 Å². The molecule has 0 N–H and O–H groups in total. The van der Waals surface area contributed by atoms with E-state index in [1.165, 1.54) is 0 Å². The maximum atomic E-state index is 13.0. The van der Waals surface area contributed by atoms with Crippen molar-refractivity contribution in [3.05, 3.63) is 36.1 Å². The Morgan fingerprint density at radius 3 is 2.79 bits per heavy atom. The van der Waals surface area contributed by atoms with Crippen molar-refractivity contribution in [3.63, 3.8) is 0 Å². The zero-order chi connectivity index (χ0) is 23.5. The fourth-order valence-corrected chi connectivity index (χ4v) is 5.17. The highest BCUT2D eigenvalue weighted by molar-refractivity contribution is 6.10. The molecular weight excluding hydrogens is 416 g/mol. The van der Waals surface area contributed by atoms with Crippen molar-refractivity contribution in [1.82, 2.24) is 9.80 Å². The van der Waals surface area contributed by atoms with Crippen molar-refractivity contribution >= 4 is 18.0 Å². The van der Waals surface area contributed by atoms with Crippen LogP contribution >= 0.6 is 0 Å². The minimum absolute atomic E-state index is 0.140. The predicted molar refractivity (Wildman–Crippen MR) is 132 cm³/mol. The van der Waals surface area contributed by atoms with Crippen molar-refractivity contribution in [3.8, 4) is 0 Å². The monoisotopic (exact) mass is 454 g/mol. The molecule has 0 bridgehead atoms. The van der Waals surface area contributed by atoms with Gasteiger partial charge in [-0.2, -0.15) is 0 Å². The average Bonchev–Trinajstić information content (AvgIpc) is 3.10. The van der Waals surface area contributed by atoms with E-state index in [1.807, 2.05) is 44.0 Å². The molecule has 0 aromatic heterocycles. The van der Waals surface area contributed by atoms with Gasteiger partial charge in [-0.3, -0.25) is 14.9 Å². The fourth-order valence-electron chi connectivity index (χ4n) is 5.17. The lowest BCUT2D eigenvalue weighted by molar-refractivity contribution is -0.00624. The van der Waals surface area contributed by atoms with Gasteiger partial charge < -0.3 is 14.4 Å². The molecule has 3 heterocycles. The van der Waals surface area contributed by atoms with Gasteiger partial charge in [-0.1, -0.05) is 19.1 Å². The van der Waals surface area contributed by atoms with E-state index in [9.17, 15) is 4.79 Å². The summed E-state index contributed by atoms with van der Waals surface area (Å²) in [4.78, 5) is 27.1. The molecular formula is C26H38N4O3. The number of allylic oxidation sites excluding steroid dienone is 3. The van der Waals surface area contributed by atoms with E-state index < -0.39 is 5.60 Å². The standard InChI is InChI=1S/C26H38N4O3/c1-5-23-28-22-11-8-10-21-26(22,14-9-15-27-21)30(23)17-7-6-16-29(20-12-18-32-19-13-20)24(31)33-25(2,3)4/h8-11,14-15,20,23H,5-7,12-13,16-19H2,1-4H3. The first-order valence-electron chi connectivity index (χ1n) is 12.4. The molecule has 7 nitrogen and oxygen atoms in total. The van der Waals surface area contributed by atoms with Crippen LogP contribution in [0.25, 0.3) is 0 Å². The van der Waals surface area contributed by atoms with Gasteiger partial charge in [0, 0.05) is 38.6 Å². The Morgan fingerprint density at radius 2 is 2.06 bits per heavy atom. The summed E-state index contributed by atoms with van der Waals surface area (Å²) in [6.45, 7) is 11.0. The summed E-state index contributed by atoms with van der Waals surface area (Å²) in [6, 6.07) is 0.186. The molecule has 1 amide bonds. The van der Waals surface area contributed by atoms with E-state index in [-0.39, 0.29) is 23.8 Å². The molecule has 1 saturated heterocycles. The molecule has 1 spiro atoms. The van der Waals surface area contributed by atoms with E-state index in [2.05, 4.69) is 35.0 Å². The van der Waals surface area contributed by atoms with Crippen molar-refractivity contribution in [2.45, 2.75) is 83.1 Å². The van der Waals surface area contributed by atoms with E-state index in [1.54, 1.807) is 0 Å². The lowest BCUT2D eigenvalue weighted by atomic mass is 9.83. The van der Waals surface area contributed by atoms with Gasteiger partial charge in [-0.25, -0.2) is 4.79 Å². The minimum Gasteiger partial charge on any atom is -0.444 e. The summed E-state index contributed by atoms with van der Waals surface area (Å²) in [6.07, 6.45) is 16.9.